The van der Waals surface area contributed by atoms with Crippen molar-refractivity contribution in [3.05, 3.63) is 29.3 Å². The molecule has 4 nitrogen and oxygen atoms in total. The Labute approximate surface area is 131 Å². The Morgan fingerprint density at radius 2 is 1.91 bits per heavy atom. The smallest absolute Gasteiger partial charge is 0.348 e. The fraction of sp³-hybridized carbons (Fsp3) is 0.462. The van der Waals surface area contributed by atoms with E-state index in [9.17, 15) is 26.4 Å². The van der Waals surface area contributed by atoms with E-state index in [1.807, 2.05) is 6.92 Å². The third kappa shape index (κ3) is 5.17. The molecule has 0 aromatic heterocycles. The van der Waals surface area contributed by atoms with E-state index in [2.05, 4.69) is 0 Å². The molecule has 0 saturated carbocycles. The second-order valence-corrected chi connectivity index (χ2v) is 7.12. The van der Waals surface area contributed by atoms with Gasteiger partial charge in [0.05, 0.1) is 4.90 Å². The maximum absolute atomic E-state index is 12.1. The monoisotopic (exact) mass is 357 g/mol. The number of nitrogens with one attached hydrogen (secondary N) is 1. The number of alkyl halides is 3. The highest BCUT2D eigenvalue weighted by Gasteiger charge is 2.38. The Hall–Kier alpha value is -1.28. The minimum Gasteiger partial charge on any atom is -0.348 e. The van der Waals surface area contributed by atoms with Crippen molar-refractivity contribution in [3.63, 3.8) is 0 Å². The summed E-state index contributed by atoms with van der Waals surface area (Å²) in [7, 11) is 1.34. The lowest BCUT2D eigenvalue weighted by Gasteiger charge is -2.14. The molecule has 0 saturated heterocycles. The molecule has 1 amide bonds. The zero-order valence-electron chi connectivity index (χ0n) is 11.7. The summed E-state index contributed by atoms with van der Waals surface area (Å²) in [6.45, 7) is 1.55. The van der Waals surface area contributed by atoms with Crippen LogP contribution in [0.25, 0.3) is 0 Å². The van der Waals surface area contributed by atoms with Gasteiger partial charge in [0.25, 0.3) is 9.05 Å². The van der Waals surface area contributed by atoms with Crippen LogP contribution >= 0.6 is 10.7 Å². The van der Waals surface area contributed by atoms with Gasteiger partial charge >= 0.3 is 12.1 Å². The number of carbonyl (C=O) groups is 1. The van der Waals surface area contributed by atoms with Crippen LogP contribution in [0.4, 0.5) is 13.2 Å². The molecule has 0 aliphatic rings. The van der Waals surface area contributed by atoms with E-state index in [0.29, 0.717) is 17.5 Å². The third-order valence-electron chi connectivity index (χ3n) is 2.93. The van der Waals surface area contributed by atoms with Crippen LogP contribution in [-0.2, 0) is 26.7 Å². The first-order valence-corrected chi connectivity index (χ1v) is 8.78. The molecule has 0 atom stereocenters. The highest BCUT2D eigenvalue weighted by Crippen LogP contribution is 2.25. The van der Waals surface area contributed by atoms with Crippen LogP contribution in [0.3, 0.4) is 0 Å². The first-order valence-electron chi connectivity index (χ1n) is 6.47. The maximum atomic E-state index is 12.1. The molecule has 0 fully saturated rings. The van der Waals surface area contributed by atoms with Crippen molar-refractivity contribution in [1.29, 1.82) is 0 Å². The van der Waals surface area contributed by atoms with Gasteiger partial charge in [-0.2, -0.15) is 13.2 Å². The van der Waals surface area contributed by atoms with Crippen LogP contribution in [-0.4, -0.2) is 27.0 Å². The predicted molar refractivity (Wildman–Crippen MR) is 76.2 cm³/mol. The first-order chi connectivity index (χ1) is 10.1. The van der Waals surface area contributed by atoms with E-state index in [1.165, 1.54) is 12.1 Å². The zero-order valence-corrected chi connectivity index (χ0v) is 13.3. The van der Waals surface area contributed by atoms with Crippen molar-refractivity contribution < 1.29 is 26.4 Å². The van der Waals surface area contributed by atoms with E-state index >= 15 is 0 Å². The molecule has 0 aliphatic carbocycles. The van der Waals surface area contributed by atoms with Crippen LogP contribution in [0.1, 0.15) is 24.5 Å². The average Bonchev–Trinajstić information content (AvgIpc) is 2.38. The van der Waals surface area contributed by atoms with Crippen molar-refractivity contribution in [2.45, 2.75) is 37.3 Å². The quantitative estimate of drug-likeness (QED) is 0.796. The van der Waals surface area contributed by atoms with Crippen molar-refractivity contribution in [2.75, 3.05) is 6.54 Å². The number of halogens is 4. The summed E-state index contributed by atoms with van der Waals surface area (Å²) < 4.78 is 59.5. The largest absolute Gasteiger partial charge is 0.471 e. The summed E-state index contributed by atoms with van der Waals surface area (Å²) in [4.78, 5) is 10.6. The fourth-order valence-corrected chi connectivity index (χ4v) is 3.23. The number of hydrogen-bond acceptors (Lipinski definition) is 3. The number of benzene rings is 1. The van der Waals surface area contributed by atoms with Gasteiger partial charge in [-0.1, -0.05) is 25.5 Å². The summed E-state index contributed by atoms with van der Waals surface area (Å²) in [5, 5.41) is 1.72. The zero-order chi connectivity index (χ0) is 17.0. The second kappa shape index (κ2) is 7.32. The van der Waals surface area contributed by atoms with Gasteiger partial charge in [-0.25, -0.2) is 8.42 Å². The van der Waals surface area contributed by atoms with Crippen molar-refractivity contribution >= 4 is 25.6 Å². The van der Waals surface area contributed by atoms with Gasteiger partial charge in [-0.15, -0.1) is 0 Å². The molecular formula is C13H15ClF3NO3S. The fourth-order valence-electron chi connectivity index (χ4n) is 2.03. The summed E-state index contributed by atoms with van der Waals surface area (Å²) >= 11 is 0. The van der Waals surface area contributed by atoms with Gasteiger partial charge in [0, 0.05) is 17.2 Å². The standard InChI is InChI=1S/C13H15ClF3NO3S/c1-2-4-9-5-3-6-11(22(14,20)21)10(9)7-8-18-12(19)13(15,16)17/h3,5-6H,2,4,7-8H2,1H3,(H,18,19). The summed E-state index contributed by atoms with van der Waals surface area (Å²) in [5.74, 6) is -2.06. The number of rotatable bonds is 6. The van der Waals surface area contributed by atoms with Gasteiger partial charge in [0.2, 0.25) is 0 Å². The molecule has 1 N–H and O–H groups in total. The Morgan fingerprint density at radius 3 is 2.41 bits per heavy atom. The molecule has 1 aromatic carbocycles. The number of hydrogen-bond donors (Lipinski definition) is 1. The van der Waals surface area contributed by atoms with E-state index in [0.717, 1.165) is 6.42 Å². The van der Waals surface area contributed by atoms with Gasteiger partial charge in [-0.3, -0.25) is 4.79 Å². The summed E-state index contributed by atoms with van der Waals surface area (Å²) in [6.07, 6.45) is -3.74. The van der Waals surface area contributed by atoms with Crippen molar-refractivity contribution in [2.24, 2.45) is 0 Å². The number of carbonyl (C=O) groups excluding carboxylic acids is 1. The Balaban J connectivity index is 2.99. The molecule has 0 heterocycles. The third-order valence-corrected chi connectivity index (χ3v) is 4.34. The van der Waals surface area contributed by atoms with Crippen molar-refractivity contribution in [3.8, 4) is 0 Å². The van der Waals surface area contributed by atoms with E-state index in [1.54, 1.807) is 11.4 Å². The van der Waals surface area contributed by atoms with Crippen LogP contribution in [0, 0.1) is 0 Å². The minimum absolute atomic E-state index is 0.0563. The molecule has 0 spiro atoms. The van der Waals surface area contributed by atoms with Crippen LogP contribution in [0.15, 0.2) is 23.1 Å². The molecule has 0 radical (unpaired) electrons. The molecule has 0 aliphatic heterocycles. The predicted octanol–water partition coefficient (Wildman–Crippen LogP) is 2.79. The van der Waals surface area contributed by atoms with Crippen LogP contribution in [0.2, 0.25) is 0 Å². The Morgan fingerprint density at radius 1 is 1.27 bits per heavy atom. The highest BCUT2D eigenvalue weighted by atomic mass is 35.7. The molecule has 0 unspecified atom stereocenters. The molecule has 124 valence electrons. The Kier molecular flexibility index (Phi) is 6.25. The molecular weight excluding hydrogens is 343 g/mol. The van der Waals surface area contributed by atoms with E-state index in [-0.39, 0.29) is 17.9 Å². The normalized spacial score (nSPS) is 12.2. The lowest BCUT2D eigenvalue weighted by atomic mass is 10.0. The SMILES string of the molecule is CCCc1cccc(S(=O)(=O)Cl)c1CCNC(=O)C(F)(F)F. The first kappa shape index (κ1) is 18.8. The van der Waals surface area contributed by atoms with Gasteiger partial charge < -0.3 is 5.32 Å². The van der Waals surface area contributed by atoms with Crippen molar-refractivity contribution in [1.82, 2.24) is 5.32 Å². The summed E-state index contributed by atoms with van der Waals surface area (Å²) in [5.41, 5.74) is 1.02. The number of aryl methyl sites for hydroxylation is 1. The topological polar surface area (TPSA) is 63.2 Å². The van der Waals surface area contributed by atoms with Crippen LogP contribution < -0.4 is 5.32 Å². The van der Waals surface area contributed by atoms with Gasteiger partial charge in [0.15, 0.2) is 0 Å². The molecule has 22 heavy (non-hydrogen) atoms. The van der Waals surface area contributed by atoms with Crippen LogP contribution in [0.5, 0.6) is 0 Å². The number of amides is 1. The van der Waals surface area contributed by atoms with E-state index in [4.69, 9.17) is 10.7 Å². The highest BCUT2D eigenvalue weighted by molar-refractivity contribution is 8.13. The lowest BCUT2D eigenvalue weighted by molar-refractivity contribution is -0.173. The van der Waals surface area contributed by atoms with Gasteiger partial charge in [-0.05, 0) is 30.0 Å². The minimum atomic E-state index is -4.97. The maximum Gasteiger partial charge on any atom is 0.471 e. The molecule has 1 aromatic rings. The lowest BCUT2D eigenvalue weighted by Crippen LogP contribution is -2.37. The summed E-state index contributed by atoms with van der Waals surface area (Å²) in [6, 6.07) is 4.51. The average molecular weight is 358 g/mol. The molecule has 0 bridgehead atoms. The molecule has 9 heteroatoms. The molecule has 1 rings (SSSR count). The van der Waals surface area contributed by atoms with E-state index < -0.39 is 21.1 Å². The van der Waals surface area contributed by atoms with Gasteiger partial charge in [0.1, 0.15) is 0 Å². The second-order valence-electron chi connectivity index (χ2n) is 4.59. The Bertz CT molecular complexity index is 644.